The second kappa shape index (κ2) is 21.6. The normalized spacial score (nSPS) is 11.7. The number of thioether (sulfide) groups is 2. The SMILES string of the molecule is CC(=O)NN=C(CSc1nnc(CCN(CCc2nnc(SCC(=O)NN=C(C)c3ccccc3)n2-c2ccccc2)c2ccc(C)cc2)n1-c1ccccc1)c1ccccc1. The second-order valence-corrected chi connectivity index (χ2v) is 16.1. The van der Waals surface area contributed by atoms with E-state index in [1.54, 1.807) is 0 Å². The number of carbonyl (C=O) groups is 2. The Balaban J connectivity index is 1.10. The molecule has 0 aliphatic heterocycles. The number of carbonyl (C=O) groups excluding carboxylic acids is 2. The number of aromatic nitrogens is 6. The van der Waals surface area contributed by atoms with E-state index in [1.165, 1.54) is 36.0 Å². The van der Waals surface area contributed by atoms with Crippen LogP contribution in [0.4, 0.5) is 5.69 Å². The highest BCUT2D eigenvalue weighted by Crippen LogP contribution is 2.26. The van der Waals surface area contributed by atoms with Crippen molar-refractivity contribution in [2.24, 2.45) is 10.2 Å². The summed E-state index contributed by atoms with van der Waals surface area (Å²) in [4.78, 5) is 27.1. The molecular formula is C47H47N11O2S2. The van der Waals surface area contributed by atoms with Crippen molar-refractivity contribution < 1.29 is 9.59 Å². The van der Waals surface area contributed by atoms with Crippen molar-refractivity contribution in [3.05, 3.63) is 174 Å². The summed E-state index contributed by atoms with van der Waals surface area (Å²) < 4.78 is 4.12. The predicted octanol–water partition coefficient (Wildman–Crippen LogP) is 7.71. The van der Waals surface area contributed by atoms with E-state index in [0.29, 0.717) is 42.0 Å². The molecule has 0 aliphatic carbocycles. The Labute approximate surface area is 369 Å². The molecule has 0 fully saturated rings. The van der Waals surface area contributed by atoms with Crippen molar-refractivity contribution in [1.29, 1.82) is 0 Å². The number of hydrogen-bond acceptors (Lipinski definition) is 11. The van der Waals surface area contributed by atoms with Crippen molar-refractivity contribution in [2.75, 3.05) is 29.5 Å². The lowest BCUT2D eigenvalue weighted by molar-refractivity contribution is -0.119. The average Bonchev–Trinajstić information content (AvgIpc) is 3.92. The second-order valence-electron chi connectivity index (χ2n) is 14.2. The average molecular weight is 862 g/mol. The van der Waals surface area contributed by atoms with Crippen LogP contribution in [0.15, 0.2) is 166 Å². The van der Waals surface area contributed by atoms with E-state index in [-0.39, 0.29) is 17.6 Å². The number of nitrogens with zero attached hydrogens (tertiary/aromatic N) is 9. The number of nitrogens with one attached hydrogen (secondary N) is 2. The fourth-order valence-corrected chi connectivity index (χ4v) is 8.22. The highest BCUT2D eigenvalue weighted by atomic mass is 32.2. The fraction of sp³-hybridized carbons (Fsp3) is 0.191. The van der Waals surface area contributed by atoms with Crippen molar-refractivity contribution >= 4 is 52.4 Å². The Morgan fingerprint density at radius 3 is 1.58 bits per heavy atom. The minimum atomic E-state index is -0.239. The lowest BCUT2D eigenvalue weighted by Crippen LogP contribution is -2.29. The van der Waals surface area contributed by atoms with Gasteiger partial charge in [-0.25, -0.2) is 10.9 Å². The highest BCUT2D eigenvalue weighted by Gasteiger charge is 2.20. The van der Waals surface area contributed by atoms with Gasteiger partial charge in [0.1, 0.15) is 11.6 Å². The molecule has 0 atom stereocenters. The van der Waals surface area contributed by atoms with Gasteiger partial charge in [-0.15, -0.1) is 20.4 Å². The summed E-state index contributed by atoms with van der Waals surface area (Å²) in [5, 5.41) is 28.7. The van der Waals surface area contributed by atoms with Crippen LogP contribution >= 0.6 is 23.5 Å². The van der Waals surface area contributed by atoms with E-state index in [0.717, 1.165) is 51.3 Å². The number of para-hydroxylation sites is 2. The van der Waals surface area contributed by atoms with Crippen molar-refractivity contribution in [3.63, 3.8) is 0 Å². The molecule has 0 unspecified atom stereocenters. The van der Waals surface area contributed by atoms with E-state index in [4.69, 9.17) is 5.10 Å². The van der Waals surface area contributed by atoms with Crippen LogP contribution in [0.25, 0.3) is 11.4 Å². The molecule has 0 aliphatic rings. The predicted molar refractivity (Wildman–Crippen MR) is 249 cm³/mol. The standard InChI is InChI=1S/C47H47N11O2S2/c1-34-24-26-39(27-25-34)56(30-28-43-51-54-46(57(43)40-20-12-6-13-21-40)61-32-42(50-49-36(3)59)38-18-10-5-11-19-38)31-29-44-52-55-47(58(44)41-22-14-7-15-23-41)62-33-45(60)53-48-35(2)37-16-8-4-9-17-37/h4-27H,28-33H2,1-3H3,(H,49,59)(H,53,60). The largest absolute Gasteiger partial charge is 0.371 e. The van der Waals surface area contributed by atoms with E-state index in [9.17, 15) is 9.59 Å². The van der Waals surface area contributed by atoms with Gasteiger partial charge in [-0.2, -0.15) is 10.2 Å². The molecule has 2 amide bonds. The molecule has 13 nitrogen and oxygen atoms in total. The van der Waals surface area contributed by atoms with Gasteiger partial charge in [0, 0.05) is 55.7 Å². The summed E-state index contributed by atoms with van der Waals surface area (Å²) in [6, 6.07) is 48.1. The first-order valence-corrected chi connectivity index (χ1v) is 22.1. The molecule has 2 N–H and O–H groups in total. The maximum Gasteiger partial charge on any atom is 0.250 e. The minimum Gasteiger partial charge on any atom is -0.371 e. The topological polar surface area (TPSA) is 148 Å². The summed E-state index contributed by atoms with van der Waals surface area (Å²) in [5.74, 6) is 1.68. The first kappa shape index (κ1) is 43.3. The number of rotatable bonds is 19. The molecule has 62 heavy (non-hydrogen) atoms. The third-order valence-corrected chi connectivity index (χ3v) is 11.6. The molecule has 0 spiro atoms. The number of hydrazone groups is 2. The van der Waals surface area contributed by atoms with Crippen LogP contribution < -0.4 is 15.8 Å². The molecule has 5 aromatic carbocycles. The molecule has 2 heterocycles. The van der Waals surface area contributed by atoms with Crippen LogP contribution in [0.3, 0.4) is 0 Å². The molecular weight excluding hydrogens is 815 g/mol. The van der Waals surface area contributed by atoms with Crippen LogP contribution in [0.2, 0.25) is 0 Å². The van der Waals surface area contributed by atoms with Crippen LogP contribution in [-0.4, -0.2) is 77.4 Å². The Morgan fingerprint density at radius 1 is 0.581 bits per heavy atom. The summed E-state index contributed by atoms with van der Waals surface area (Å²) in [6.07, 6.45) is 1.17. The molecule has 7 rings (SSSR count). The Hall–Kier alpha value is -6.84. The van der Waals surface area contributed by atoms with E-state index < -0.39 is 0 Å². The molecule has 0 bridgehead atoms. The summed E-state index contributed by atoms with van der Waals surface area (Å²) >= 11 is 2.83. The molecule has 15 heteroatoms. The smallest absolute Gasteiger partial charge is 0.250 e. The Bertz CT molecular complexity index is 2600. The number of benzene rings is 5. The van der Waals surface area contributed by atoms with Gasteiger partial charge in [0.25, 0.3) is 5.91 Å². The number of amides is 2. The number of hydrogen-bond donors (Lipinski definition) is 2. The number of anilines is 1. The zero-order chi connectivity index (χ0) is 43.1. The monoisotopic (exact) mass is 861 g/mol. The van der Waals surface area contributed by atoms with Gasteiger partial charge in [-0.05, 0) is 61.4 Å². The van der Waals surface area contributed by atoms with Crippen LogP contribution in [0, 0.1) is 6.92 Å². The van der Waals surface area contributed by atoms with E-state index in [1.807, 2.05) is 133 Å². The molecule has 0 radical (unpaired) electrons. The van der Waals surface area contributed by atoms with Crippen molar-refractivity contribution in [2.45, 2.75) is 43.9 Å². The maximum atomic E-state index is 12.9. The van der Waals surface area contributed by atoms with E-state index in [2.05, 4.69) is 77.0 Å². The summed E-state index contributed by atoms with van der Waals surface area (Å²) in [6.45, 7) is 6.66. The zero-order valence-corrected chi connectivity index (χ0v) is 36.4. The maximum absolute atomic E-state index is 12.9. The van der Waals surface area contributed by atoms with Crippen molar-refractivity contribution in [1.82, 2.24) is 40.4 Å². The molecule has 2 aromatic heterocycles. The molecule has 0 saturated carbocycles. The van der Waals surface area contributed by atoms with Gasteiger partial charge in [0.15, 0.2) is 10.3 Å². The lowest BCUT2D eigenvalue weighted by Gasteiger charge is -2.25. The van der Waals surface area contributed by atoms with Gasteiger partial charge in [0.2, 0.25) is 5.91 Å². The summed E-state index contributed by atoms with van der Waals surface area (Å²) in [5.41, 5.74) is 12.7. The Kier molecular flexibility index (Phi) is 15.1. The first-order valence-electron chi connectivity index (χ1n) is 20.2. The van der Waals surface area contributed by atoms with Crippen LogP contribution in [0.5, 0.6) is 0 Å². The third kappa shape index (κ3) is 11.7. The van der Waals surface area contributed by atoms with Crippen molar-refractivity contribution in [3.8, 4) is 11.4 Å². The molecule has 0 saturated heterocycles. The first-order chi connectivity index (χ1) is 30.3. The quantitative estimate of drug-likeness (QED) is 0.0474. The number of aryl methyl sites for hydroxylation is 1. The lowest BCUT2D eigenvalue weighted by atomic mass is 10.1. The van der Waals surface area contributed by atoms with E-state index >= 15 is 0 Å². The van der Waals surface area contributed by atoms with Gasteiger partial charge < -0.3 is 4.90 Å². The van der Waals surface area contributed by atoms with Crippen LogP contribution in [-0.2, 0) is 22.4 Å². The molecule has 314 valence electrons. The molecule has 7 aromatic rings. The van der Waals surface area contributed by atoms with Gasteiger partial charge >= 0.3 is 0 Å². The Morgan fingerprint density at radius 2 is 1.06 bits per heavy atom. The van der Waals surface area contributed by atoms with Gasteiger partial charge in [-0.3, -0.25) is 18.7 Å². The van der Waals surface area contributed by atoms with Gasteiger partial charge in [0.05, 0.1) is 17.2 Å². The zero-order valence-electron chi connectivity index (χ0n) is 34.8. The third-order valence-electron chi connectivity index (χ3n) is 9.70. The van der Waals surface area contributed by atoms with Crippen LogP contribution in [0.1, 0.15) is 42.2 Å². The minimum absolute atomic E-state index is 0.115. The van der Waals surface area contributed by atoms with Gasteiger partial charge in [-0.1, -0.05) is 138 Å². The highest BCUT2D eigenvalue weighted by molar-refractivity contribution is 8.00. The fourth-order valence-electron chi connectivity index (χ4n) is 6.52. The summed E-state index contributed by atoms with van der Waals surface area (Å²) in [7, 11) is 0.